The fraction of sp³-hybridized carbons (Fsp3) is 0.545. The number of allylic oxidation sites excluding steroid dienone is 1. The Bertz CT molecular complexity index is 542. The molecule has 7 heteroatoms. The minimum absolute atomic E-state index is 0.380. The van der Waals surface area contributed by atoms with Gasteiger partial charge in [0.2, 0.25) is 5.95 Å². The van der Waals surface area contributed by atoms with Crippen LogP contribution >= 0.6 is 0 Å². The molecule has 0 atom stereocenters. The van der Waals surface area contributed by atoms with E-state index >= 15 is 0 Å². The quantitative estimate of drug-likeness (QED) is 0.658. The van der Waals surface area contributed by atoms with Gasteiger partial charge in [0, 0.05) is 13.1 Å². The summed E-state index contributed by atoms with van der Waals surface area (Å²) in [6.45, 7) is 1.85. The van der Waals surface area contributed by atoms with Gasteiger partial charge in [-0.25, -0.2) is 0 Å². The van der Waals surface area contributed by atoms with Crippen molar-refractivity contribution in [2.24, 2.45) is 5.73 Å². The van der Waals surface area contributed by atoms with Crippen molar-refractivity contribution >= 4 is 5.95 Å². The summed E-state index contributed by atoms with van der Waals surface area (Å²) < 4.78 is 1.95. The molecule has 0 aromatic carbocycles. The van der Waals surface area contributed by atoms with Crippen LogP contribution in [-0.4, -0.2) is 39.8 Å². The fourth-order valence-corrected chi connectivity index (χ4v) is 2.83. The third-order valence-electron chi connectivity index (χ3n) is 3.92. The van der Waals surface area contributed by atoms with E-state index in [-0.39, 0.29) is 5.54 Å². The van der Waals surface area contributed by atoms with Crippen LogP contribution in [0.25, 0.3) is 0 Å². The number of likely N-dealkylation sites (tertiary alicyclic amines) is 1. The number of aromatic nitrogens is 3. The monoisotopic (exact) mass is 245 g/mol. The van der Waals surface area contributed by atoms with Gasteiger partial charge in [-0.05, 0) is 19.9 Å². The van der Waals surface area contributed by atoms with E-state index in [1.165, 1.54) is 0 Å². The second kappa shape index (κ2) is 3.71. The lowest BCUT2D eigenvalue weighted by atomic mass is 9.79. The van der Waals surface area contributed by atoms with Crippen LogP contribution in [0, 0.1) is 11.3 Å². The van der Waals surface area contributed by atoms with Gasteiger partial charge in [0.25, 0.3) is 0 Å². The van der Waals surface area contributed by atoms with Crippen molar-refractivity contribution < 1.29 is 0 Å². The summed E-state index contributed by atoms with van der Waals surface area (Å²) in [6, 6.07) is 2.26. The molecule has 1 fully saturated rings. The maximum Gasteiger partial charge on any atom is 0.230 e. The number of fused-ring (bicyclic) bond motifs is 2. The Balaban J connectivity index is 2.14. The molecule has 7 nitrogen and oxygen atoms in total. The van der Waals surface area contributed by atoms with E-state index < -0.39 is 0 Å². The molecule has 1 saturated heterocycles. The Labute approximate surface area is 105 Å². The van der Waals surface area contributed by atoms with Crippen LogP contribution in [0.1, 0.15) is 12.8 Å². The van der Waals surface area contributed by atoms with Crippen molar-refractivity contribution in [3.63, 3.8) is 0 Å². The summed E-state index contributed by atoms with van der Waals surface area (Å²) in [6.07, 6.45) is 3.37. The molecule has 3 N–H and O–H groups in total. The summed E-state index contributed by atoms with van der Waals surface area (Å²) in [5, 5.41) is 20.3. The summed E-state index contributed by atoms with van der Waals surface area (Å²) in [5.41, 5.74) is 6.18. The molecule has 2 aliphatic rings. The SMILES string of the molecule is CN1CCC2(CC1)C(C#N)=C(N)Nc1nncn12. The molecule has 0 amide bonds. The summed E-state index contributed by atoms with van der Waals surface area (Å²) >= 11 is 0. The normalized spacial score (nSPS) is 22.4. The van der Waals surface area contributed by atoms with Crippen molar-refractivity contribution in [1.29, 1.82) is 5.26 Å². The van der Waals surface area contributed by atoms with Gasteiger partial charge < -0.3 is 16.0 Å². The maximum absolute atomic E-state index is 9.41. The highest BCUT2D eigenvalue weighted by molar-refractivity contribution is 5.50. The standard InChI is InChI=1S/C11H15N7/c1-17-4-2-11(3-5-17)8(6-12)9(13)15-10-16-14-7-18(10)11/h7H,2-5,13H2,1H3,(H,15,16). The topological polar surface area (TPSA) is 95.8 Å². The number of nitrogens with zero attached hydrogens (tertiary/aromatic N) is 5. The van der Waals surface area contributed by atoms with Crippen molar-refractivity contribution in [2.75, 3.05) is 25.5 Å². The number of nitrogens with one attached hydrogen (secondary N) is 1. The average molecular weight is 245 g/mol. The first-order valence-corrected chi connectivity index (χ1v) is 5.94. The maximum atomic E-state index is 9.41. The zero-order chi connectivity index (χ0) is 12.8. The number of rotatable bonds is 0. The van der Waals surface area contributed by atoms with Crippen molar-refractivity contribution in [3.8, 4) is 6.07 Å². The Morgan fingerprint density at radius 1 is 1.50 bits per heavy atom. The first kappa shape index (κ1) is 11.0. The predicted octanol–water partition coefficient (Wildman–Crippen LogP) is -0.182. The highest BCUT2D eigenvalue weighted by Crippen LogP contribution is 2.41. The molecular formula is C11H15N7. The van der Waals surface area contributed by atoms with Crippen LogP contribution < -0.4 is 11.1 Å². The van der Waals surface area contributed by atoms with Crippen molar-refractivity contribution in [3.05, 3.63) is 17.7 Å². The largest absolute Gasteiger partial charge is 0.384 e. The van der Waals surface area contributed by atoms with Gasteiger partial charge >= 0.3 is 0 Å². The van der Waals surface area contributed by atoms with E-state index in [2.05, 4.69) is 33.5 Å². The summed E-state index contributed by atoms with van der Waals surface area (Å²) in [5.74, 6) is 1.03. The average Bonchev–Trinajstić information content (AvgIpc) is 2.81. The first-order chi connectivity index (χ1) is 8.67. The van der Waals surface area contributed by atoms with Crippen LogP contribution in [0.3, 0.4) is 0 Å². The number of hydrogen-bond donors (Lipinski definition) is 2. The zero-order valence-corrected chi connectivity index (χ0v) is 10.2. The fourth-order valence-electron chi connectivity index (χ4n) is 2.83. The summed E-state index contributed by atoms with van der Waals surface area (Å²) in [4.78, 5) is 2.25. The molecule has 0 saturated carbocycles. The predicted molar refractivity (Wildman–Crippen MR) is 65.2 cm³/mol. The Morgan fingerprint density at radius 2 is 2.22 bits per heavy atom. The van der Waals surface area contributed by atoms with E-state index in [1.807, 2.05) is 4.57 Å². The molecule has 18 heavy (non-hydrogen) atoms. The minimum atomic E-state index is -0.380. The molecule has 1 spiro atoms. The molecule has 1 aromatic rings. The lowest BCUT2D eigenvalue weighted by molar-refractivity contribution is 0.160. The Morgan fingerprint density at radius 3 is 2.89 bits per heavy atom. The van der Waals surface area contributed by atoms with Crippen LogP contribution in [0.15, 0.2) is 17.7 Å². The molecule has 0 bridgehead atoms. The van der Waals surface area contributed by atoms with Gasteiger partial charge in [0.15, 0.2) is 0 Å². The van der Waals surface area contributed by atoms with Gasteiger partial charge in [-0.2, -0.15) is 5.26 Å². The molecule has 94 valence electrons. The molecule has 0 unspecified atom stereocenters. The van der Waals surface area contributed by atoms with Gasteiger partial charge in [-0.3, -0.25) is 4.57 Å². The highest BCUT2D eigenvalue weighted by atomic mass is 15.4. The van der Waals surface area contributed by atoms with E-state index in [0.717, 1.165) is 25.9 Å². The molecule has 3 rings (SSSR count). The number of hydrogen-bond acceptors (Lipinski definition) is 6. The van der Waals surface area contributed by atoms with Crippen molar-refractivity contribution in [2.45, 2.75) is 18.4 Å². The van der Waals surface area contributed by atoms with Gasteiger partial charge in [-0.1, -0.05) is 0 Å². The smallest absolute Gasteiger partial charge is 0.230 e. The lowest BCUT2D eigenvalue weighted by Crippen LogP contribution is -2.49. The molecule has 1 aromatic heterocycles. The molecular weight excluding hydrogens is 230 g/mol. The number of anilines is 1. The van der Waals surface area contributed by atoms with E-state index in [4.69, 9.17) is 5.73 Å². The van der Waals surface area contributed by atoms with Crippen molar-refractivity contribution in [1.82, 2.24) is 19.7 Å². The van der Waals surface area contributed by atoms with Crippen LogP contribution in [0.2, 0.25) is 0 Å². The molecule has 3 heterocycles. The third-order valence-corrected chi connectivity index (χ3v) is 3.92. The highest BCUT2D eigenvalue weighted by Gasteiger charge is 2.44. The third kappa shape index (κ3) is 1.32. The Hall–Kier alpha value is -2.07. The van der Waals surface area contributed by atoms with Crippen LogP contribution in [-0.2, 0) is 5.54 Å². The molecule has 0 aliphatic carbocycles. The second-order valence-corrected chi connectivity index (χ2v) is 4.88. The van der Waals surface area contributed by atoms with Gasteiger partial charge in [-0.15, -0.1) is 10.2 Å². The number of nitrogens with two attached hydrogens (primary N) is 1. The van der Waals surface area contributed by atoms with E-state index in [0.29, 0.717) is 17.3 Å². The second-order valence-electron chi connectivity index (χ2n) is 4.88. The molecule has 2 aliphatic heterocycles. The van der Waals surface area contributed by atoms with E-state index in [1.54, 1.807) is 6.33 Å². The lowest BCUT2D eigenvalue weighted by Gasteiger charge is -2.43. The van der Waals surface area contributed by atoms with Crippen LogP contribution in [0.4, 0.5) is 5.95 Å². The van der Waals surface area contributed by atoms with E-state index in [9.17, 15) is 5.26 Å². The summed E-state index contributed by atoms with van der Waals surface area (Å²) in [7, 11) is 2.08. The Kier molecular flexibility index (Phi) is 2.28. The van der Waals surface area contributed by atoms with Crippen LogP contribution in [0.5, 0.6) is 0 Å². The zero-order valence-electron chi connectivity index (χ0n) is 10.2. The number of nitriles is 1. The molecule has 0 radical (unpaired) electrons. The van der Waals surface area contributed by atoms with Gasteiger partial charge in [0.1, 0.15) is 18.2 Å². The first-order valence-electron chi connectivity index (χ1n) is 5.94. The minimum Gasteiger partial charge on any atom is -0.384 e. The number of piperidine rings is 1. The van der Waals surface area contributed by atoms with Gasteiger partial charge in [0.05, 0.1) is 11.1 Å².